The molecule has 0 saturated carbocycles. The molecule has 168 valence electrons. The summed E-state index contributed by atoms with van der Waals surface area (Å²) in [5.41, 5.74) is 1.07. The van der Waals surface area contributed by atoms with Crippen LogP contribution in [0.3, 0.4) is 0 Å². The molecule has 3 aromatic rings. The summed E-state index contributed by atoms with van der Waals surface area (Å²) in [6, 6.07) is 14.3. The van der Waals surface area contributed by atoms with Crippen molar-refractivity contribution < 1.29 is 32.6 Å². The molecule has 1 amide bonds. The van der Waals surface area contributed by atoms with Crippen molar-refractivity contribution in [3.8, 4) is 22.8 Å². The lowest BCUT2D eigenvalue weighted by molar-refractivity contribution is -0.135. The number of hydrogen-bond donors (Lipinski definition) is 0. The van der Waals surface area contributed by atoms with Crippen molar-refractivity contribution in [3.63, 3.8) is 0 Å². The normalized spacial score (nSPS) is 10.5. The molecule has 0 aliphatic carbocycles. The Labute approximate surface area is 185 Å². The van der Waals surface area contributed by atoms with Gasteiger partial charge in [0.1, 0.15) is 11.6 Å². The summed E-state index contributed by atoms with van der Waals surface area (Å²) in [4.78, 5) is 26.4. The fourth-order valence-electron chi connectivity index (χ4n) is 3.12. The van der Waals surface area contributed by atoms with Gasteiger partial charge in [0.2, 0.25) is 5.76 Å². The van der Waals surface area contributed by atoms with Crippen LogP contribution in [0.15, 0.2) is 59.0 Å². The van der Waals surface area contributed by atoms with Crippen molar-refractivity contribution in [2.75, 3.05) is 27.4 Å². The van der Waals surface area contributed by atoms with E-state index in [-0.39, 0.29) is 23.0 Å². The van der Waals surface area contributed by atoms with E-state index in [1.165, 1.54) is 25.3 Å². The molecule has 0 bridgehead atoms. The summed E-state index contributed by atoms with van der Waals surface area (Å²) in [6.07, 6.45) is 0. The van der Waals surface area contributed by atoms with Gasteiger partial charge in [-0.1, -0.05) is 18.2 Å². The Hall–Kier alpha value is -3.81. The van der Waals surface area contributed by atoms with Crippen LogP contribution in [0.1, 0.15) is 23.0 Å². The summed E-state index contributed by atoms with van der Waals surface area (Å²) in [5.74, 6) is -0.398. The van der Waals surface area contributed by atoms with E-state index in [2.05, 4.69) is 0 Å². The Morgan fingerprint density at radius 2 is 1.75 bits per heavy atom. The van der Waals surface area contributed by atoms with E-state index in [1.54, 1.807) is 42.3 Å². The van der Waals surface area contributed by atoms with Crippen LogP contribution in [0.2, 0.25) is 0 Å². The summed E-state index contributed by atoms with van der Waals surface area (Å²) < 4.78 is 34.9. The van der Waals surface area contributed by atoms with Crippen molar-refractivity contribution in [1.29, 1.82) is 0 Å². The maximum absolute atomic E-state index is 13.9. The molecule has 0 atom stereocenters. The van der Waals surface area contributed by atoms with E-state index in [4.69, 9.17) is 18.6 Å². The highest BCUT2D eigenvalue weighted by Gasteiger charge is 2.19. The first-order valence-corrected chi connectivity index (χ1v) is 9.97. The van der Waals surface area contributed by atoms with Gasteiger partial charge in [0, 0.05) is 13.1 Å². The Kier molecular flexibility index (Phi) is 7.49. The van der Waals surface area contributed by atoms with E-state index in [0.717, 1.165) is 5.56 Å². The van der Waals surface area contributed by atoms with Crippen LogP contribution in [0.25, 0.3) is 11.3 Å². The largest absolute Gasteiger partial charge is 0.493 e. The Bertz CT molecular complexity index is 1090. The first-order valence-electron chi connectivity index (χ1n) is 9.97. The van der Waals surface area contributed by atoms with E-state index < -0.39 is 18.4 Å². The number of carbonyl (C=O) groups excluding carboxylic acids is 2. The van der Waals surface area contributed by atoms with E-state index in [1.807, 2.05) is 13.0 Å². The first-order chi connectivity index (χ1) is 15.5. The number of nitrogens with zero attached hydrogens (tertiary/aromatic N) is 1. The summed E-state index contributed by atoms with van der Waals surface area (Å²) in [5, 5.41) is 0. The third kappa shape index (κ3) is 5.26. The molecule has 7 nitrogen and oxygen atoms in total. The standard InChI is InChI=1S/C24H24FNO6/c1-4-26(14-16-9-10-20(29-2)22(13-16)30-3)23(27)15-31-24(28)21-12-11-19(32-21)17-7-5-6-8-18(17)25/h5-13H,4,14-15H2,1-3H3. The van der Waals surface area contributed by atoms with Crippen LogP contribution < -0.4 is 9.47 Å². The van der Waals surface area contributed by atoms with E-state index >= 15 is 0 Å². The second kappa shape index (κ2) is 10.5. The van der Waals surface area contributed by atoms with Gasteiger partial charge in [-0.15, -0.1) is 0 Å². The molecule has 0 radical (unpaired) electrons. The number of rotatable bonds is 9. The molecular weight excluding hydrogens is 417 g/mol. The van der Waals surface area contributed by atoms with Crippen LogP contribution in [0.4, 0.5) is 4.39 Å². The molecule has 1 aromatic heterocycles. The van der Waals surface area contributed by atoms with Crippen LogP contribution in [-0.4, -0.2) is 44.1 Å². The molecule has 32 heavy (non-hydrogen) atoms. The van der Waals surface area contributed by atoms with Crippen LogP contribution >= 0.6 is 0 Å². The van der Waals surface area contributed by atoms with Gasteiger partial charge in [-0.25, -0.2) is 9.18 Å². The predicted molar refractivity (Wildman–Crippen MR) is 115 cm³/mol. The van der Waals surface area contributed by atoms with Crippen molar-refractivity contribution in [1.82, 2.24) is 4.90 Å². The van der Waals surface area contributed by atoms with Gasteiger partial charge in [0.05, 0.1) is 19.8 Å². The van der Waals surface area contributed by atoms with Crippen LogP contribution in [0, 0.1) is 5.82 Å². The number of esters is 1. The first kappa shape index (κ1) is 22.9. The van der Waals surface area contributed by atoms with E-state index in [0.29, 0.717) is 24.6 Å². The smallest absolute Gasteiger partial charge is 0.374 e. The topological polar surface area (TPSA) is 78.2 Å². The third-order valence-electron chi connectivity index (χ3n) is 4.83. The molecule has 0 unspecified atom stereocenters. The fourth-order valence-corrected chi connectivity index (χ4v) is 3.12. The fraction of sp³-hybridized carbons (Fsp3) is 0.250. The number of hydrogen-bond acceptors (Lipinski definition) is 6. The molecule has 0 fully saturated rings. The number of halogens is 1. The lowest BCUT2D eigenvalue weighted by Gasteiger charge is -2.21. The molecule has 0 N–H and O–H groups in total. The maximum Gasteiger partial charge on any atom is 0.374 e. The molecule has 0 saturated heterocycles. The molecule has 8 heteroatoms. The van der Waals surface area contributed by atoms with Crippen molar-refractivity contribution in [2.45, 2.75) is 13.5 Å². The lowest BCUT2D eigenvalue weighted by atomic mass is 10.1. The minimum atomic E-state index is -0.803. The predicted octanol–water partition coefficient (Wildman–Crippen LogP) is 4.31. The van der Waals surface area contributed by atoms with Crippen molar-refractivity contribution in [3.05, 3.63) is 71.7 Å². The number of likely N-dealkylation sites (N-methyl/N-ethyl adjacent to an activating group) is 1. The number of carbonyl (C=O) groups is 2. The van der Waals surface area contributed by atoms with Gasteiger partial charge in [-0.05, 0) is 48.9 Å². The highest BCUT2D eigenvalue weighted by molar-refractivity contribution is 5.89. The van der Waals surface area contributed by atoms with Gasteiger partial charge in [0.25, 0.3) is 5.91 Å². The second-order valence-corrected chi connectivity index (χ2v) is 6.82. The van der Waals surface area contributed by atoms with Crippen molar-refractivity contribution >= 4 is 11.9 Å². The minimum absolute atomic E-state index is 0.112. The molecular formula is C24H24FNO6. The zero-order valence-corrected chi connectivity index (χ0v) is 18.1. The summed E-state index contributed by atoms with van der Waals surface area (Å²) >= 11 is 0. The van der Waals surface area contributed by atoms with E-state index in [9.17, 15) is 14.0 Å². The number of methoxy groups -OCH3 is 2. The highest BCUT2D eigenvalue weighted by Crippen LogP contribution is 2.28. The maximum atomic E-state index is 13.9. The van der Waals surface area contributed by atoms with Gasteiger partial charge in [0.15, 0.2) is 18.1 Å². The Morgan fingerprint density at radius 1 is 1.00 bits per heavy atom. The van der Waals surface area contributed by atoms with Gasteiger partial charge < -0.3 is 23.5 Å². The average Bonchev–Trinajstić information content (AvgIpc) is 3.31. The van der Waals surface area contributed by atoms with Gasteiger partial charge >= 0.3 is 5.97 Å². The summed E-state index contributed by atoms with van der Waals surface area (Å²) in [7, 11) is 3.09. The van der Waals surface area contributed by atoms with Gasteiger partial charge in [-0.3, -0.25) is 4.79 Å². The molecule has 1 heterocycles. The zero-order chi connectivity index (χ0) is 23.1. The number of amides is 1. The third-order valence-corrected chi connectivity index (χ3v) is 4.83. The van der Waals surface area contributed by atoms with Gasteiger partial charge in [-0.2, -0.15) is 0 Å². The molecule has 3 rings (SSSR count). The molecule has 0 spiro atoms. The monoisotopic (exact) mass is 441 g/mol. The quantitative estimate of drug-likeness (QED) is 0.461. The number of furan rings is 1. The second-order valence-electron chi connectivity index (χ2n) is 6.82. The average molecular weight is 441 g/mol. The van der Waals surface area contributed by atoms with Crippen molar-refractivity contribution in [2.24, 2.45) is 0 Å². The minimum Gasteiger partial charge on any atom is -0.493 e. The number of benzene rings is 2. The zero-order valence-electron chi connectivity index (χ0n) is 18.1. The summed E-state index contributed by atoms with van der Waals surface area (Å²) in [6.45, 7) is 2.11. The van der Waals surface area contributed by atoms with Crippen LogP contribution in [0.5, 0.6) is 11.5 Å². The van der Waals surface area contributed by atoms with Crippen LogP contribution in [-0.2, 0) is 16.1 Å². The highest BCUT2D eigenvalue weighted by atomic mass is 19.1. The lowest BCUT2D eigenvalue weighted by Crippen LogP contribution is -2.34. The molecule has 0 aliphatic rings. The number of ether oxygens (including phenoxy) is 3. The Balaban J connectivity index is 1.60. The SMILES string of the molecule is CCN(Cc1ccc(OC)c(OC)c1)C(=O)COC(=O)c1ccc(-c2ccccc2F)o1. The molecule has 0 aliphatic heterocycles. The molecule has 2 aromatic carbocycles. The Morgan fingerprint density at radius 3 is 2.44 bits per heavy atom.